The molecule has 0 bridgehead atoms. The summed E-state index contributed by atoms with van der Waals surface area (Å²) < 4.78 is 7.77. The Morgan fingerprint density at radius 2 is 1.67 bits per heavy atom. The van der Waals surface area contributed by atoms with Gasteiger partial charge in [0.05, 0.1) is 0 Å². The maximum absolute atomic E-state index is 7.77. The van der Waals surface area contributed by atoms with Crippen molar-refractivity contribution >= 4 is 130 Å². The van der Waals surface area contributed by atoms with Crippen molar-refractivity contribution in [1.29, 1.82) is 0.594 Å². The molecule has 0 rings (SSSR count). The van der Waals surface area contributed by atoms with Crippen LogP contribution >= 0.6 is 130 Å². The molecule has 0 nitrogen and oxygen atoms in total. The predicted molar refractivity (Wildman–Crippen MR) is 128 cm³/mol. The molecule has 64 valence electrons. The minimum atomic E-state index is -1.08. The Labute approximate surface area is 124 Å². The molecule has 0 amide bonds. The molecule has 0 saturated carbocycles. The van der Waals surface area contributed by atoms with Crippen LogP contribution in [0, 0.1) is 0 Å². The van der Waals surface area contributed by atoms with Crippen molar-refractivity contribution in [3.63, 3.8) is 0 Å². The molecule has 0 aliphatic carbocycles. The van der Waals surface area contributed by atoms with E-state index < -0.39 is 36.7 Å². The summed E-state index contributed by atoms with van der Waals surface area (Å²) in [7, 11) is -1.56. The van der Waals surface area contributed by atoms with E-state index in [9.17, 15) is 0 Å². The molecule has 0 saturated heterocycles. The van der Waals surface area contributed by atoms with Gasteiger partial charge in [0.1, 0.15) is 0 Å². The Morgan fingerprint density at radius 3 is 1.78 bits per heavy atom. The molecule has 0 radical (unpaired) electrons. The van der Waals surface area contributed by atoms with Crippen LogP contribution in [0.25, 0.3) is 0 Å². The van der Waals surface area contributed by atoms with Gasteiger partial charge < -0.3 is 0 Å². The van der Waals surface area contributed by atoms with E-state index in [1.165, 1.54) is 0 Å². The molecule has 0 N–H and O–H groups in total. The molecule has 0 fully saturated rings. The van der Waals surface area contributed by atoms with Crippen molar-refractivity contribution in [2.75, 3.05) is 0 Å². The molecule has 0 unspecified atom stereocenters. The third-order valence-electron chi connectivity index (χ3n) is 0.204. The first-order chi connectivity index (χ1) is 4.46. The van der Waals surface area contributed by atoms with Crippen LogP contribution in [-0.2, 0) is 0 Å². The maximum atomic E-state index is 7.77. The molecular weight excluding hydrogens is 1140 g/mol. The fraction of sp³-hybridized carbons (Fsp3) is 0. The van der Waals surface area contributed by atoms with Crippen LogP contribution in [0.4, 0.5) is 0 Å². The number of hydrogen-bond donors (Lipinski definition) is 0. The van der Waals surface area contributed by atoms with Gasteiger partial charge in [-0.25, -0.2) is 0 Å². The van der Waals surface area contributed by atoms with Crippen molar-refractivity contribution < 1.29 is 0 Å². The summed E-state index contributed by atoms with van der Waals surface area (Å²) >= 11 is 12.2. The molecule has 0 aliphatic rings. The minimum absolute atomic E-state index is 0.474. The monoisotopic (exact) mass is 1140 g/mol. The Hall–Kier alpha value is 6.57. The summed E-state index contributed by atoms with van der Waals surface area (Å²) in [6.07, 6.45) is 0. The molecule has 9 heteroatoms. The molecule has 0 atom stereocenters. The molecule has 0 aliphatic heterocycles. The summed E-state index contributed by atoms with van der Waals surface area (Å²) in [6.45, 7) is 0. The summed E-state index contributed by atoms with van der Waals surface area (Å²) in [5.41, 5.74) is 0. The van der Waals surface area contributed by atoms with Gasteiger partial charge in [-0.2, -0.15) is 0 Å². The normalized spacial score (nSPS) is 18.1. The second kappa shape index (κ2) is 9.77. The van der Waals surface area contributed by atoms with Crippen LogP contribution in [0.1, 0.15) is 0 Å². The van der Waals surface area contributed by atoms with Crippen molar-refractivity contribution in [3.05, 3.63) is 0 Å². The van der Waals surface area contributed by atoms with Gasteiger partial charge in [0.2, 0.25) is 0 Å². The Morgan fingerprint density at radius 1 is 1.22 bits per heavy atom. The van der Waals surface area contributed by atoms with Crippen molar-refractivity contribution in [2.24, 2.45) is 0 Å². The fourth-order valence-corrected chi connectivity index (χ4v) is 629. The van der Waals surface area contributed by atoms with E-state index in [-0.39, 0.29) is 0 Å². The first-order valence-corrected chi connectivity index (χ1v) is 51.4. The van der Waals surface area contributed by atoms with Gasteiger partial charge in [-0.1, -0.05) is 0 Å². The van der Waals surface area contributed by atoms with Gasteiger partial charge >= 0.3 is 130 Å². The second-order valence-electron chi connectivity index (χ2n) is 0.540. The predicted octanol–water partition coefficient (Wildman–Crippen LogP) is 7.70. The van der Waals surface area contributed by atoms with Crippen LogP contribution in [0.2, 0.25) is 0 Å². The average molecular weight is 1140 g/mol. The molecule has 0 aromatic rings. The van der Waals surface area contributed by atoms with Crippen molar-refractivity contribution in [1.82, 2.24) is 0 Å². The van der Waals surface area contributed by atoms with Gasteiger partial charge in [-0.05, 0) is 0 Å². The Balaban J connectivity index is 3.81. The standard InChI is InChI=1S/HI9/c1-6-8(4)9(5)7(2)3/h6H/i6D. The van der Waals surface area contributed by atoms with E-state index in [0.717, 1.165) is 0 Å². The van der Waals surface area contributed by atoms with Gasteiger partial charge in [0.25, 0.3) is 0 Å². The van der Waals surface area contributed by atoms with E-state index in [1.807, 2.05) is 0 Å². The summed E-state index contributed by atoms with van der Waals surface area (Å²) in [5, 5.41) is 0. The average Bonchev–Trinajstić information content (AvgIpc) is 1.84. The van der Waals surface area contributed by atoms with E-state index in [2.05, 4.69) is 93.1 Å². The summed E-state index contributed by atoms with van der Waals surface area (Å²) in [4.78, 5) is 0. The van der Waals surface area contributed by atoms with Gasteiger partial charge in [-0.15, -0.1) is 0 Å². The van der Waals surface area contributed by atoms with Crippen LogP contribution in [0.5, 0.6) is 0 Å². The van der Waals surface area contributed by atoms with Crippen LogP contribution in [-0.4, -0.2) is 0.594 Å². The second-order valence-corrected chi connectivity index (χ2v) is 163. The molecule has 0 aromatic carbocycles. The van der Waals surface area contributed by atoms with Crippen molar-refractivity contribution in [2.45, 2.75) is 0 Å². The van der Waals surface area contributed by atoms with E-state index >= 15 is 0 Å². The Kier molecular flexibility index (Phi) is 14.8. The first-order valence-electron chi connectivity index (χ1n) is 1.52. The molecule has 0 heterocycles. The zero-order chi connectivity index (χ0) is 8.31. The van der Waals surface area contributed by atoms with E-state index in [0.29, 0.717) is 0 Å². The van der Waals surface area contributed by atoms with Gasteiger partial charge in [0.15, 0.2) is 0 Å². The fourth-order valence-electron chi connectivity index (χ4n) is 0.0463. The van der Waals surface area contributed by atoms with E-state index in [1.54, 1.807) is 0 Å². The van der Waals surface area contributed by atoms with Crippen LogP contribution < -0.4 is 0 Å². The van der Waals surface area contributed by atoms with Gasteiger partial charge in [0, 0.05) is 0 Å². The zero-order valence-corrected chi connectivity index (χ0v) is 22.8. The Bertz CT molecular complexity index is 74.7. The quantitative estimate of drug-likeness (QED) is 0.255. The molecule has 0 spiro atoms. The zero-order valence-electron chi connectivity index (χ0n) is 4.40. The molecule has 0 aromatic heterocycles. The number of rotatable bonds is 3. The SMILES string of the molecule is [2H]I(I)I(I)I(I)I(I)I. The summed E-state index contributed by atoms with van der Waals surface area (Å²) in [6, 6.07) is 0. The topological polar surface area (TPSA) is 0 Å². The van der Waals surface area contributed by atoms with Gasteiger partial charge in [-0.3, -0.25) is 0 Å². The number of halogens is 9. The van der Waals surface area contributed by atoms with E-state index in [4.69, 9.17) is 0.594 Å². The number of hydrogen-bond acceptors (Lipinski definition) is 0. The van der Waals surface area contributed by atoms with Crippen LogP contribution in [0.3, 0.4) is 0 Å². The van der Waals surface area contributed by atoms with Crippen molar-refractivity contribution in [3.8, 4) is 0 Å². The third-order valence-corrected chi connectivity index (χ3v) is 413. The molecular formula is HI9. The summed E-state index contributed by atoms with van der Waals surface area (Å²) in [5.74, 6) is 0. The molecule has 9 heavy (non-hydrogen) atoms. The van der Waals surface area contributed by atoms with Crippen LogP contribution in [0.15, 0.2) is 0 Å². The third kappa shape index (κ3) is 8.38. The first kappa shape index (κ1) is 13.6.